The topological polar surface area (TPSA) is 43.1 Å². The third-order valence-electron chi connectivity index (χ3n) is 3.49. The highest BCUT2D eigenvalue weighted by Gasteiger charge is 2.08. The zero-order chi connectivity index (χ0) is 13.2. The molecule has 100 valence electrons. The summed E-state index contributed by atoms with van der Waals surface area (Å²) in [7, 11) is 0. The SMILES string of the molecule is CCC(CCCCCCC(N)=O)c1ccccc1. The van der Waals surface area contributed by atoms with Crippen molar-refractivity contribution in [2.45, 2.75) is 57.8 Å². The summed E-state index contributed by atoms with van der Waals surface area (Å²) in [5, 5.41) is 0. The number of unbranched alkanes of at least 4 members (excludes halogenated alkanes) is 3. The van der Waals surface area contributed by atoms with E-state index in [1.54, 1.807) is 0 Å². The van der Waals surface area contributed by atoms with E-state index in [1.165, 1.54) is 31.2 Å². The Kier molecular flexibility index (Phi) is 7.16. The van der Waals surface area contributed by atoms with Gasteiger partial charge in [0.2, 0.25) is 5.91 Å². The monoisotopic (exact) mass is 247 g/mol. The Morgan fingerprint density at radius 1 is 1.11 bits per heavy atom. The molecule has 0 heterocycles. The Hall–Kier alpha value is -1.31. The largest absolute Gasteiger partial charge is 0.370 e. The molecule has 1 aromatic rings. The lowest BCUT2D eigenvalue weighted by molar-refractivity contribution is -0.118. The van der Waals surface area contributed by atoms with Crippen molar-refractivity contribution < 1.29 is 4.79 Å². The second kappa shape index (κ2) is 8.73. The Morgan fingerprint density at radius 3 is 2.39 bits per heavy atom. The summed E-state index contributed by atoms with van der Waals surface area (Å²) < 4.78 is 0. The van der Waals surface area contributed by atoms with Crippen LogP contribution in [0.1, 0.15) is 63.4 Å². The van der Waals surface area contributed by atoms with E-state index in [4.69, 9.17) is 5.73 Å². The number of rotatable bonds is 9. The van der Waals surface area contributed by atoms with Crippen molar-refractivity contribution in [1.29, 1.82) is 0 Å². The van der Waals surface area contributed by atoms with Crippen molar-refractivity contribution in [3.8, 4) is 0 Å². The van der Waals surface area contributed by atoms with Gasteiger partial charge in [0.25, 0.3) is 0 Å². The van der Waals surface area contributed by atoms with Crippen LogP contribution in [0, 0.1) is 0 Å². The molecule has 0 fully saturated rings. The van der Waals surface area contributed by atoms with Gasteiger partial charge < -0.3 is 5.73 Å². The van der Waals surface area contributed by atoms with Crippen LogP contribution in [0.3, 0.4) is 0 Å². The number of hydrogen-bond acceptors (Lipinski definition) is 1. The van der Waals surface area contributed by atoms with E-state index in [9.17, 15) is 4.79 Å². The van der Waals surface area contributed by atoms with Crippen molar-refractivity contribution in [3.05, 3.63) is 35.9 Å². The summed E-state index contributed by atoms with van der Waals surface area (Å²) in [4.78, 5) is 10.6. The van der Waals surface area contributed by atoms with Crippen molar-refractivity contribution in [2.75, 3.05) is 0 Å². The first-order chi connectivity index (χ1) is 8.74. The minimum Gasteiger partial charge on any atom is -0.370 e. The fourth-order valence-electron chi connectivity index (χ4n) is 2.38. The molecule has 0 aliphatic heterocycles. The summed E-state index contributed by atoms with van der Waals surface area (Å²) in [6.45, 7) is 2.25. The van der Waals surface area contributed by atoms with Gasteiger partial charge in [0, 0.05) is 6.42 Å². The molecule has 1 atom stereocenters. The van der Waals surface area contributed by atoms with E-state index in [2.05, 4.69) is 37.3 Å². The van der Waals surface area contributed by atoms with E-state index in [-0.39, 0.29) is 5.91 Å². The Balaban J connectivity index is 2.19. The number of hydrogen-bond donors (Lipinski definition) is 1. The zero-order valence-corrected chi connectivity index (χ0v) is 11.4. The number of amides is 1. The maximum absolute atomic E-state index is 10.6. The van der Waals surface area contributed by atoms with Crippen LogP contribution in [-0.2, 0) is 4.79 Å². The lowest BCUT2D eigenvalue weighted by atomic mass is 9.91. The minimum atomic E-state index is -0.175. The van der Waals surface area contributed by atoms with Crippen LogP contribution in [0.25, 0.3) is 0 Å². The van der Waals surface area contributed by atoms with E-state index < -0.39 is 0 Å². The Bertz CT molecular complexity index is 334. The summed E-state index contributed by atoms with van der Waals surface area (Å²) in [5.41, 5.74) is 6.57. The molecule has 0 aliphatic rings. The van der Waals surface area contributed by atoms with Crippen LogP contribution in [0.5, 0.6) is 0 Å². The number of nitrogens with two attached hydrogens (primary N) is 1. The van der Waals surface area contributed by atoms with Crippen LogP contribution >= 0.6 is 0 Å². The molecule has 0 radical (unpaired) electrons. The van der Waals surface area contributed by atoms with E-state index in [0.29, 0.717) is 12.3 Å². The van der Waals surface area contributed by atoms with Gasteiger partial charge in [0.05, 0.1) is 0 Å². The van der Waals surface area contributed by atoms with Gasteiger partial charge >= 0.3 is 0 Å². The van der Waals surface area contributed by atoms with Crippen molar-refractivity contribution in [3.63, 3.8) is 0 Å². The number of carbonyl (C=O) groups excluding carboxylic acids is 1. The fourth-order valence-corrected chi connectivity index (χ4v) is 2.38. The zero-order valence-electron chi connectivity index (χ0n) is 11.4. The molecular weight excluding hydrogens is 222 g/mol. The van der Waals surface area contributed by atoms with Gasteiger partial charge in [-0.3, -0.25) is 4.79 Å². The molecule has 0 spiro atoms. The molecule has 0 aliphatic carbocycles. The van der Waals surface area contributed by atoms with Crippen LogP contribution in [0.4, 0.5) is 0 Å². The maximum atomic E-state index is 10.6. The lowest BCUT2D eigenvalue weighted by Gasteiger charge is -2.14. The molecule has 1 unspecified atom stereocenters. The third kappa shape index (κ3) is 5.85. The first kappa shape index (κ1) is 14.7. The first-order valence-corrected chi connectivity index (χ1v) is 7.07. The quantitative estimate of drug-likeness (QED) is 0.658. The minimum absolute atomic E-state index is 0.175. The molecule has 0 aromatic heterocycles. The number of carbonyl (C=O) groups is 1. The van der Waals surface area contributed by atoms with Crippen molar-refractivity contribution >= 4 is 5.91 Å². The van der Waals surface area contributed by atoms with Crippen molar-refractivity contribution in [1.82, 2.24) is 0 Å². The molecular formula is C16H25NO. The summed E-state index contributed by atoms with van der Waals surface area (Å²) in [6, 6.07) is 10.7. The second-order valence-corrected chi connectivity index (χ2v) is 4.94. The molecule has 2 heteroatoms. The van der Waals surface area contributed by atoms with Gasteiger partial charge in [-0.25, -0.2) is 0 Å². The molecule has 0 saturated carbocycles. The van der Waals surface area contributed by atoms with Crippen LogP contribution in [0.2, 0.25) is 0 Å². The van der Waals surface area contributed by atoms with E-state index >= 15 is 0 Å². The van der Waals surface area contributed by atoms with Gasteiger partial charge in [0.1, 0.15) is 0 Å². The average Bonchev–Trinajstić information content (AvgIpc) is 2.38. The van der Waals surface area contributed by atoms with Gasteiger partial charge in [-0.1, -0.05) is 56.5 Å². The van der Waals surface area contributed by atoms with E-state index in [1.807, 2.05) is 0 Å². The molecule has 0 bridgehead atoms. The van der Waals surface area contributed by atoms with Gasteiger partial charge in [-0.05, 0) is 30.7 Å². The highest BCUT2D eigenvalue weighted by molar-refractivity contribution is 5.73. The standard InChI is InChI=1S/C16H25NO/c1-2-14(15-11-7-5-8-12-15)10-6-3-4-9-13-16(17)18/h5,7-8,11-12,14H,2-4,6,9-10,13H2,1H3,(H2,17,18). The Labute approximate surface area is 111 Å². The molecule has 2 N–H and O–H groups in total. The van der Waals surface area contributed by atoms with Crippen LogP contribution in [0.15, 0.2) is 30.3 Å². The van der Waals surface area contributed by atoms with Gasteiger partial charge in [0.15, 0.2) is 0 Å². The average molecular weight is 247 g/mol. The smallest absolute Gasteiger partial charge is 0.217 e. The second-order valence-electron chi connectivity index (χ2n) is 4.94. The molecule has 1 amide bonds. The molecule has 1 rings (SSSR count). The third-order valence-corrected chi connectivity index (χ3v) is 3.49. The highest BCUT2D eigenvalue weighted by atomic mass is 16.1. The molecule has 2 nitrogen and oxygen atoms in total. The normalized spacial score (nSPS) is 12.3. The summed E-state index contributed by atoms with van der Waals surface area (Å²) in [5.74, 6) is 0.507. The first-order valence-electron chi connectivity index (χ1n) is 7.07. The molecule has 1 aromatic carbocycles. The predicted octanol–water partition coefficient (Wildman–Crippen LogP) is 4.01. The van der Waals surface area contributed by atoms with Crippen molar-refractivity contribution in [2.24, 2.45) is 5.73 Å². The predicted molar refractivity (Wildman–Crippen MR) is 76.4 cm³/mol. The van der Waals surface area contributed by atoms with Gasteiger partial charge in [-0.2, -0.15) is 0 Å². The summed E-state index contributed by atoms with van der Waals surface area (Å²) in [6.07, 6.45) is 7.49. The maximum Gasteiger partial charge on any atom is 0.217 e. The highest BCUT2D eigenvalue weighted by Crippen LogP contribution is 2.25. The number of benzene rings is 1. The van der Waals surface area contributed by atoms with Crippen LogP contribution < -0.4 is 5.73 Å². The van der Waals surface area contributed by atoms with Crippen LogP contribution in [-0.4, -0.2) is 5.91 Å². The molecule has 18 heavy (non-hydrogen) atoms. The summed E-state index contributed by atoms with van der Waals surface area (Å²) >= 11 is 0. The van der Waals surface area contributed by atoms with E-state index in [0.717, 1.165) is 12.8 Å². The van der Waals surface area contributed by atoms with Gasteiger partial charge in [-0.15, -0.1) is 0 Å². The number of primary amides is 1. The lowest BCUT2D eigenvalue weighted by Crippen LogP contribution is -2.09. The molecule has 0 saturated heterocycles. The fraction of sp³-hybridized carbons (Fsp3) is 0.562. The Morgan fingerprint density at radius 2 is 1.78 bits per heavy atom.